The van der Waals surface area contributed by atoms with Gasteiger partial charge in [-0.2, -0.15) is 0 Å². The fraction of sp³-hybridized carbons (Fsp3) is 1.00. The fourth-order valence-electron chi connectivity index (χ4n) is 4.65. The zero-order valence-corrected chi connectivity index (χ0v) is 11.0. The highest BCUT2D eigenvalue weighted by molar-refractivity contribution is 5.07. The van der Waals surface area contributed by atoms with E-state index in [0.717, 1.165) is 32.1 Å². The SMILES string of the molecule is O[C@@H]1[C@H](O)CC23CC(CC4OCO4)CCC2O[C@@H]1C3. The highest BCUT2D eigenvalue weighted by Crippen LogP contribution is 2.57. The van der Waals surface area contributed by atoms with Crippen LogP contribution in [-0.2, 0) is 14.2 Å². The van der Waals surface area contributed by atoms with Crippen molar-refractivity contribution in [2.75, 3.05) is 6.79 Å². The van der Waals surface area contributed by atoms with Crippen molar-refractivity contribution in [2.45, 2.75) is 69.2 Å². The third-order valence-corrected chi connectivity index (χ3v) is 5.59. The summed E-state index contributed by atoms with van der Waals surface area (Å²) in [5.74, 6) is 0.589. The molecule has 0 aromatic carbocycles. The van der Waals surface area contributed by atoms with Crippen LogP contribution in [0.4, 0.5) is 0 Å². The van der Waals surface area contributed by atoms with Crippen LogP contribution in [0.2, 0.25) is 0 Å². The van der Waals surface area contributed by atoms with Crippen LogP contribution < -0.4 is 0 Å². The van der Waals surface area contributed by atoms with E-state index in [-0.39, 0.29) is 23.9 Å². The Bertz CT molecular complexity index is 358. The van der Waals surface area contributed by atoms with Gasteiger partial charge in [0.15, 0.2) is 13.1 Å². The van der Waals surface area contributed by atoms with Gasteiger partial charge >= 0.3 is 0 Å². The van der Waals surface area contributed by atoms with Crippen molar-refractivity contribution in [1.82, 2.24) is 0 Å². The molecule has 2 bridgehead atoms. The molecule has 5 heteroatoms. The van der Waals surface area contributed by atoms with Gasteiger partial charge in [0, 0.05) is 11.8 Å². The van der Waals surface area contributed by atoms with E-state index in [2.05, 4.69) is 0 Å². The van der Waals surface area contributed by atoms with Crippen LogP contribution in [-0.4, -0.2) is 47.7 Å². The summed E-state index contributed by atoms with van der Waals surface area (Å²) in [7, 11) is 0. The van der Waals surface area contributed by atoms with Gasteiger partial charge in [0.1, 0.15) is 6.10 Å². The van der Waals surface area contributed by atoms with E-state index in [1.165, 1.54) is 0 Å². The first kappa shape index (κ1) is 12.5. The molecule has 4 rings (SSSR count). The molecule has 2 saturated carbocycles. The third kappa shape index (κ3) is 1.94. The van der Waals surface area contributed by atoms with Crippen LogP contribution in [0, 0.1) is 11.3 Å². The molecule has 2 aliphatic heterocycles. The lowest BCUT2D eigenvalue weighted by Crippen LogP contribution is -2.47. The highest BCUT2D eigenvalue weighted by Gasteiger charge is 2.58. The summed E-state index contributed by atoms with van der Waals surface area (Å²) < 4.78 is 16.7. The van der Waals surface area contributed by atoms with Gasteiger partial charge < -0.3 is 24.4 Å². The smallest absolute Gasteiger partial charge is 0.163 e. The Labute approximate surface area is 112 Å². The van der Waals surface area contributed by atoms with Crippen LogP contribution in [0.25, 0.3) is 0 Å². The zero-order chi connectivity index (χ0) is 13.0. The molecule has 1 spiro atoms. The minimum absolute atomic E-state index is 0.0184. The van der Waals surface area contributed by atoms with Gasteiger partial charge in [-0.15, -0.1) is 0 Å². The predicted molar refractivity (Wildman–Crippen MR) is 65.1 cm³/mol. The molecule has 0 amide bonds. The normalized spacial score (nSPS) is 53.7. The van der Waals surface area contributed by atoms with Crippen LogP contribution in [0.5, 0.6) is 0 Å². The molecule has 2 N–H and O–H groups in total. The molecule has 0 aromatic heterocycles. The van der Waals surface area contributed by atoms with Gasteiger partial charge in [0.05, 0.1) is 18.3 Å². The topological polar surface area (TPSA) is 68.2 Å². The summed E-state index contributed by atoms with van der Waals surface area (Å²) >= 11 is 0. The largest absolute Gasteiger partial charge is 0.390 e. The Balaban J connectivity index is 1.48. The number of fused-ring (bicyclic) bond motifs is 1. The van der Waals surface area contributed by atoms with E-state index in [4.69, 9.17) is 14.2 Å². The maximum Gasteiger partial charge on any atom is 0.163 e. The third-order valence-electron chi connectivity index (χ3n) is 5.59. The molecule has 0 aromatic rings. The monoisotopic (exact) mass is 270 g/mol. The molecule has 2 heterocycles. The van der Waals surface area contributed by atoms with Crippen LogP contribution in [0.3, 0.4) is 0 Å². The summed E-state index contributed by atoms with van der Waals surface area (Å²) in [5.41, 5.74) is 0.0793. The lowest BCUT2D eigenvalue weighted by molar-refractivity contribution is -0.326. The molecule has 2 saturated heterocycles. The van der Waals surface area contributed by atoms with E-state index in [9.17, 15) is 10.2 Å². The second-order valence-corrected chi connectivity index (χ2v) is 6.76. The maximum atomic E-state index is 10.0. The average molecular weight is 270 g/mol. The van der Waals surface area contributed by atoms with Crippen molar-refractivity contribution >= 4 is 0 Å². The summed E-state index contributed by atoms with van der Waals surface area (Å²) in [6, 6.07) is 0. The molecule has 6 atom stereocenters. The molecule has 3 unspecified atom stereocenters. The first-order valence-corrected chi connectivity index (χ1v) is 7.41. The van der Waals surface area contributed by atoms with Gasteiger partial charge in [-0.3, -0.25) is 0 Å². The molecular weight excluding hydrogens is 248 g/mol. The Morgan fingerprint density at radius 2 is 1.89 bits per heavy atom. The van der Waals surface area contributed by atoms with Crippen molar-refractivity contribution in [2.24, 2.45) is 11.3 Å². The van der Waals surface area contributed by atoms with Gasteiger partial charge in [-0.05, 0) is 38.0 Å². The van der Waals surface area contributed by atoms with Crippen LogP contribution in [0.1, 0.15) is 38.5 Å². The number of rotatable bonds is 2. The molecule has 2 aliphatic carbocycles. The fourth-order valence-corrected chi connectivity index (χ4v) is 4.65. The number of ether oxygens (including phenoxy) is 3. The molecule has 4 fully saturated rings. The van der Waals surface area contributed by atoms with E-state index in [0.29, 0.717) is 19.1 Å². The van der Waals surface area contributed by atoms with Crippen molar-refractivity contribution in [3.63, 3.8) is 0 Å². The van der Waals surface area contributed by atoms with Crippen molar-refractivity contribution in [3.8, 4) is 0 Å². The van der Waals surface area contributed by atoms with Crippen LogP contribution in [0.15, 0.2) is 0 Å². The zero-order valence-electron chi connectivity index (χ0n) is 11.0. The van der Waals surface area contributed by atoms with Gasteiger partial charge in [-0.25, -0.2) is 0 Å². The lowest BCUT2D eigenvalue weighted by atomic mass is 9.61. The van der Waals surface area contributed by atoms with E-state index < -0.39 is 12.2 Å². The standard InChI is InChI=1S/C14H22O5/c15-9-5-14-4-8(3-12-17-7-18-12)1-2-11(14)19-10(6-14)13(9)16/h8-13,15-16H,1-7H2/t8?,9-,10-,11?,13-,14?/m1/s1. The Morgan fingerprint density at radius 3 is 2.63 bits per heavy atom. The summed E-state index contributed by atoms with van der Waals surface area (Å²) in [4.78, 5) is 0. The summed E-state index contributed by atoms with van der Waals surface area (Å²) in [5, 5.41) is 20.0. The first-order valence-electron chi connectivity index (χ1n) is 7.41. The van der Waals surface area contributed by atoms with Gasteiger partial charge in [0.25, 0.3) is 0 Å². The molecule has 0 radical (unpaired) electrons. The minimum atomic E-state index is -0.701. The lowest BCUT2D eigenvalue weighted by Gasteiger charge is -2.45. The Morgan fingerprint density at radius 1 is 1.05 bits per heavy atom. The maximum absolute atomic E-state index is 10.0. The van der Waals surface area contributed by atoms with Gasteiger partial charge in [0.2, 0.25) is 0 Å². The first-order chi connectivity index (χ1) is 9.16. The predicted octanol–water partition coefficient (Wildman–Crippen LogP) is 0.776. The second kappa shape index (κ2) is 4.40. The number of aliphatic hydroxyl groups excluding tert-OH is 2. The quantitative estimate of drug-likeness (QED) is 0.776. The van der Waals surface area contributed by atoms with Crippen LogP contribution >= 0.6 is 0 Å². The molecule has 4 aliphatic rings. The van der Waals surface area contributed by atoms with E-state index in [1.54, 1.807) is 0 Å². The summed E-state index contributed by atoms with van der Waals surface area (Å²) in [6.45, 7) is 0.432. The number of aliphatic hydroxyl groups is 2. The number of hydrogen-bond donors (Lipinski definition) is 2. The van der Waals surface area contributed by atoms with Crippen molar-refractivity contribution in [3.05, 3.63) is 0 Å². The second-order valence-electron chi connectivity index (χ2n) is 6.76. The Kier molecular flexibility index (Phi) is 2.90. The average Bonchev–Trinajstić information content (AvgIpc) is 2.66. The Hall–Kier alpha value is -0.200. The highest BCUT2D eigenvalue weighted by atomic mass is 16.8. The van der Waals surface area contributed by atoms with Gasteiger partial charge in [-0.1, -0.05) is 0 Å². The minimum Gasteiger partial charge on any atom is -0.390 e. The van der Waals surface area contributed by atoms with Crippen molar-refractivity contribution < 1.29 is 24.4 Å². The molecule has 19 heavy (non-hydrogen) atoms. The molecule has 108 valence electrons. The molecule has 5 nitrogen and oxygen atoms in total. The van der Waals surface area contributed by atoms with E-state index >= 15 is 0 Å². The summed E-state index contributed by atoms with van der Waals surface area (Å²) in [6.07, 6.45) is 4.49. The molecular formula is C14H22O5. The van der Waals surface area contributed by atoms with Crippen molar-refractivity contribution in [1.29, 1.82) is 0 Å². The van der Waals surface area contributed by atoms with E-state index in [1.807, 2.05) is 0 Å². The number of hydrogen-bond acceptors (Lipinski definition) is 5.